The molecule has 1 N–H and O–H groups in total. The van der Waals surface area contributed by atoms with Crippen LogP contribution in [0.1, 0.15) is 36.5 Å². The predicted molar refractivity (Wildman–Crippen MR) is 73.0 cm³/mol. The lowest BCUT2D eigenvalue weighted by molar-refractivity contribution is 0.0696. The molecule has 1 aliphatic heterocycles. The van der Waals surface area contributed by atoms with Gasteiger partial charge in [-0.1, -0.05) is 6.92 Å². The van der Waals surface area contributed by atoms with Gasteiger partial charge in [0.05, 0.1) is 5.56 Å². The highest BCUT2D eigenvalue weighted by Gasteiger charge is 2.27. The van der Waals surface area contributed by atoms with Gasteiger partial charge in [-0.3, -0.25) is 0 Å². The second kappa shape index (κ2) is 5.88. The highest BCUT2D eigenvalue weighted by Crippen LogP contribution is 2.22. The molecule has 7 heteroatoms. The van der Waals surface area contributed by atoms with Gasteiger partial charge in [-0.2, -0.15) is 4.31 Å². The molecular weight excluding hydrogens is 280 g/mol. The van der Waals surface area contributed by atoms with Crippen molar-refractivity contribution < 1.29 is 18.3 Å². The van der Waals surface area contributed by atoms with Gasteiger partial charge in [-0.25, -0.2) is 18.2 Å². The van der Waals surface area contributed by atoms with Gasteiger partial charge in [0.1, 0.15) is 0 Å². The van der Waals surface area contributed by atoms with Crippen LogP contribution in [0, 0.1) is 5.92 Å². The number of sulfonamides is 1. The molecule has 1 unspecified atom stereocenters. The predicted octanol–water partition coefficient (Wildman–Crippen LogP) is 1.59. The Bertz CT molecular complexity index is 583. The largest absolute Gasteiger partial charge is 0.478 e. The summed E-state index contributed by atoms with van der Waals surface area (Å²) in [6.07, 6.45) is 3.78. The first-order chi connectivity index (χ1) is 9.41. The second-order valence-corrected chi connectivity index (χ2v) is 7.02. The summed E-state index contributed by atoms with van der Waals surface area (Å²) in [6.45, 7) is 3.11. The van der Waals surface area contributed by atoms with Crippen LogP contribution in [-0.2, 0) is 10.0 Å². The van der Waals surface area contributed by atoms with E-state index in [1.54, 1.807) is 0 Å². The Morgan fingerprint density at radius 3 is 2.70 bits per heavy atom. The summed E-state index contributed by atoms with van der Waals surface area (Å²) in [5.41, 5.74) is -0.0200. The van der Waals surface area contributed by atoms with E-state index in [4.69, 9.17) is 5.11 Å². The maximum atomic E-state index is 12.4. The molecule has 0 radical (unpaired) electrons. The molecule has 0 bridgehead atoms. The normalized spacial score (nSPS) is 21.4. The highest BCUT2D eigenvalue weighted by atomic mass is 32.2. The fourth-order valence-corrected chi connectivity index (χ4v) is 3.67. The van der Waals surface area contributed by atoms with E-state index in [2.05, 4.69) is 11.9 Å². The molecule has 20 heavy (non-hydrogen) atoms. The molecule has 1 aliphatic rings. The van der Waals surface area contributed by atoms with E-state index >= 15 is 0 Å². The molecule has 6 nitrogen and oxygen atoms in total. The van der Waals surface area contributed by atoms with Gasteiger partial charge >= 0.3 is 5.97 Å². The van der Waals surface area contributed by atoms with Gasteiger partial charge in [0.2, 0.25) is 0 Å². The third kappa shape index (κ3) is 3.16. The van der Waals surface area contributed by atoms with Crippen molar-refractivity contribution in [1.29, 1.82) is 0 Å². The van der Waals surface area contributed by atoms with Crippen LogP contribution in [0.25, 0.3) is 0 Å². The first kappa shape index (κ1) is 14.9. The van der Waals surface area contributed by atoms with Crippen LogP contribution < -0.4 is 0 Å². The van der Waals surface area contributed by atoms with Crippen LogP contribution in [0.2, 0.25) is 0 Å². The Labute approximate surface area is 118 Å². The van der Waals surface area contributed by atoms with Crippen molar-refractivity contribution in [1.82, 2.24) is 9.29 Å². The fraction of sp³-hybridized carbons (Fsp3) is 0.538. The molecule has 1 fully saturated rings. The standard InChI is InChI=1S/C13H18N2O4S/c1-10-3-2-7-15(8-6-10)20(18,19)12-5-4-11(9-14-12)13(16)17/h4-5,9-10H,2-3,6-8H2,1H3,(H,16,17). The van der Waals surface area contributed by atoms with Crippen LogP contribution in [0.3, 0.4) is 0 Å². The molecule has 0 amide bonds. The number of carboxylic acid groups (broad SMARTS) is 1. The van der Waals surface area contributed by atoms with E-state index in [1.807, 2.05) is 0 Å². The number of hydrogen-bond donors (Lipinski definition) is 1. The molecule has 2 heterocycles. The van der Waals surface area contributed by atoms with Crippen molar-refractivity contribution in [2.45, 2.75) is 31.2 Å². The number of nitrogens with zero attached hydrogens (tertiary/aromatic N) is 2. The minimum atomic E-state index is -3.62. The van der Waals surface area contributed by atoms with E-state index in [1.165, 1.54) is 16.4 Å². The minimum absolute atomic E-state index is 0.0200. The van der Waals surface area contributed by atoms with Crippen LogP contribution in [0.4, 0.5) is 0 Å². The fourth-order valence-electron chi connectivity index (χ4n) is 2.27. The Morgan fingerprint density at radius 2 is 2.10 bits per heavy atom. The quantitative estimate of drug-likeness (QED) is 0.915. The van der Waals surface area contributed by atoms with E-state index in [9.17, 15) is 13.2 Å². The summed E-state index contributed by atoms with van der Waals surface area (Å²) in [6, 6.07) is 2.52. The summed E-state index contributed by atoms with van der Waals surface area (Å²) < 4.78 is 26.3. The van der Waals surface area contributed by atoms with Crippen molar-refractivity contribution >= 4 is 16.0 Å². The molecular formula is C13H18N2O4S. The molecule has 1 aromatic heterocycles. The van der Waals surface area contributed by atoms with E-state index < -0.39 is 16.0 Å². The van der Waals surface area contributed by atoms with Crippen molar-refractivity contribution in [2.75, 3.05) is 13.1 Å². The molecule has 0 aliphatic carbocycles. The van der Waals surface area contributed by atoms with Crippen LogP contribution in [0.5, 0.6) is 0 Å². The number of aromatic carboxylic acids is 1. The minimum Gasteiger partial charge on any atom is -0.478 e. The third-order valence-corrected chi connectivity index (χ3v) is 5.38. The summed E-state index contributed by atoms with van der Waals surface area (Å²) in [7, 11) is -3.62. The molecule has 0 saturated carbocycles. The average molecular weight is 298 g/mol. The maximum Gasteiger partial charge on any atom is 0.337 e. The monoisotopic (exact) mass is 298 g/mol. The lowest BCUT2D eigenvalue weighted by atomic mass is 10.0. The summed E-state index contributed by atoms with van der Waals surface area (Å²) >= 11 is 0. The Hall–Kier alpha value is -1.47. The summed E-state index contributed by atoms with van der Waals surface area (Å²) in [5, 5.41) is 8.71. The molecule has 110 valence electrons. The summed E-state index contributed by atoms with van der Waals surface area (Å²) in [5.74, 6) is -0.595. The molecule has 1 aromatic rings. The zero-order chi connectivity index (χ0) is 14.8. The molecule has 2 rings (SSSR count). The number of pyridine rings is 1. The lowest BCUT2D eigenvalue weighted by Crippen LogP contribution is -2.32. The Kier molecular flexibility index (Phi) is 4.39. The number of hydrogen-bond acceptors (Lipinski definition) is 4. The van der Waals surface area contributed by atoms with Crippen molar-refractivity contribution in [2.24, 2.45) is 5.92 Å². The molecule has 0 aromatic carbocycles. The third-order valence-electron chi connectivity index (χ3n) is 3.56. The van der Waals surface area contributed by atoms with Gasteiger partial charge in [0, 0.05) is 19.3 Å². The van der Waals surface area contributed by atoms with Crippen molar-refractivity contribution in [3.8, 4) is 0 Å². The maximum absolute atomic E-state index is 12.4. The topological polar surface area (TPSA) is 87.6 Å². The molecule has 1 saturated heterocycles. The molecule has 0 spiro atoms. The average Bonchev–Trinajstić information content (AvgIpc) is 2.64. The van der Waals surface area contributed by atoms with E-state index in [0.29, 0.717) is 19.0 Å². The first-order valence-electron chi connectivity index (χ1n) is 6.61. The summed E-state index contributed by atoms with van der Waals surface area (Å²) in [4.78, 5) is 14.5. The number of aromatic nitrogens is 1. The van der Waals surface area contributed by atoms with Gasteiger partial charge in [-0.05, 0) is 37.3 Å². The number of carboxylic acids is 1. The van der Waals surface area contributed by atoms with Gasteiger partial charge < -0.3 is 5.11 Å². The number of carbonyl (C=O) groups is 1. The SMILES string of the molecule is CC1CCCN(S(=O)(=O)c2ccc(C(=O)O)cn2)CC1. The Morgan fingerprint density at radius 1 is 1.35 bits per heavy atom. The van der Waals surface area contributed by atoms with E-state index in [0.717, 1.165) is 25.5 Å². The zero-order valence-electron chi connectivity index (χ0n) is 11.3. The smallest absolute Gasteiger partial charge is 0.337 e. The Balaban J connectivity index is 2.23. The number of rotatable bonds is 3. The van der Waals surface area contributed by atoms with Crippen LogP contribution in [0.15, 0.2) is 23.4 Å². The van der Waals surface area contributed by atoms with Crippen LogP contribution >= 0.6 is 0 Å². The van der Waals surface area contributed by atoms with E-state index in [-0.39, 0.29) is 10.6 Å². The lowest BCUT2D eigenvalue weighted by Gasteiger charge is -2.19. The molecule has 1 atom stereocenters. The van der Waals surface area contributed by atoms with Crippen molar-refractivity contribution in [3.63, 3.8) is 0 Å². The second-order valence-electron chi connectivity index (χ2n) is 5.13. The van der Waals surface area contributed by atoms with Crippen LogP contribution in [-0.4, -0.2) is 41.9 Å². The zero-order valence-corrected chi connectivity index (χ0v) is 12.1. The van der Waals surface area contributed by atoms with Gasteiger partial charge in [0.25, 0.3) is 10.0 Å². The highest BCUT2D eigenvalue weighted by molar-refractivity contribution is 7.89. The first-order valence-corrected chi connectivity index (χ1v) is 8.05. The van der Waals surface area contributed by atoms with Crippen molar-refractivity contribution in [3.05, 3.63) is 23.9 Å². The van der Waals surface area contributed by atoms with Gasteiger partial charge in [0.15, 0.2) is 5.03 Å². The van der Waals surface area contributed by atoms with Gasteiger partial charge in [-0.15, -0.1) is 0 Å².